The first kappa shape index (κ1) is 11.6. The second kappa shape index (κ2) is 6.10. The SMILES string of the molecule is N[C@@H](CCNCc1ccccn1)C(=O)O. The van der Waals surface area contributed by atoms with Gasteiger partial charge in [-0.1, -0.05) is 6.07 Å². The number of aliphatic carboxylic acids is 1. The number of carboxylic acid groups (broad SMARTS) is 1. The monoisotopic (exact) mass is 209 g/mol. The Hall–Kier alpha value is -1.46. The molecule has 1 atom stereocenters. The van der Waals surface area contributed by atoms with E-state index in [1.807, 2.05) is 18.2 Å². The van der Waals surface area contributed by atoms with Crippen molar-refractivity contribution < 1.29 is 9.90 Å². The summed E-state index contributed by atoms with van der Waals surface area (Å²) in [5.74, 6) is -0.963. The van der Waals surface area contributed by atoms with Gasteiger partial charge >= 0.3 is 5.97 Å². The number of aromatic nitrogens is 1. The van der Waals surface area contributed by atoms with Crippen LogP contribution >= 0.6 is 0 Å². The van der Waals surface area contributed by atoms with Gasteiger partial charge in [-0.05, 0) is 25.1 Å². The van der Waals surface area contributed by atoms with Crippen molar-refractivity contribution in [1.82, 2.24) is 10.3 Å². The number of nitrogens with two attached hydrogens (primary N) is 1. The Morgan fingerprint density at radius 2 is 2.40 bits per heavy atom. The van der Waals surface area contributed by atoms with Gasteiger partial charge in [0.05, 0.1) is 5.69 Å². The predicted molar refractivity (Wildman–Crippen MR) is 56.2 cm³/mol. The molecule has 15 heavy (non-hydrogen) atoms. The van der Waals surface area contributed by atoms with Crippen molar-refractivity contribution in [1.29, 1.82) is 0 Å². The van der Waals surface area contributed by atoms with Gasteiger partial charge < -0.3 is 16.2 Å². The van der Waals surface area contributed by atoms with E-state index in [9.17, 15) is 4.79 Å². The van der Waals surface area contributed by atoms with Crippen LogP contribution in [-0.4, -0.2) is 28.6 Å². The van der Waals surface area contributed by atoms with Crippen LogP contribution in [0.5, 0.6) is 0 Å². The van der Waals surface area contributed by atoms with Gasteiger partial charge in [-0.2, -0.15) is 0 Å². The average Bonchev–Trinajstić information content (AvgIpc) is 2.25. The molecule has 0 saturated carbocycles. The minimum atomic E-state index is -0.963. The standard InChI is InChI=1S/C10H15N3O2/c11-9(10(14)15)4-6-12-7-8-3-1-2-5-13-8/h1-3,5,9,12H,4,6-7,11H2,(H,14,15)/t9-/m0/s1. The van der Waals surface area contributed by atoms with E-state index in [1.54, 1.807) is 6.20 Å². The molecule has 5 heteroatoms. The molecule has 0 aliphatic carbocycles. The smallest absolute Gasteiger partial charge is 0.320 e. The summed E-state index contributed by atoms with van der Waals surface area (Å²) in [4.78, 5) is 14.5. The lowest BCUT2D eigenvalue weighted by Crippen LogP contribution is -2.33. The fourth-order valence-electron chi connectivity index (χ4n) is 1.10. The highest BCUT2D eigenvalue weighted by Gasteiger charge is 2.09. The molecule has 0 unspecified atom stereocenters. The Bertz CT molecular complexity index is 303. The number of rotatable bonds is 6. The summed E-state index contributed by atoms with van der Waals surface area (Å²) in [6, 6.07) is 4.88. The summed E-state index contributed by atoms with van der Waals surface area (Å²) in [6.07, 6.45) is 2.14. The van der Waals surface area contributed by atoms with Gasteiger partial charge in [0, 0.05) is 12.7 Å². The maximum absolute atomic E-state index is 10.4. The fraction of sp³-hybridized carbons (Fsp3) is 0.400. The summed E-state index contributed by atoms with van der Waals surface area (Å²) < 4.78 is 0. The van der Waals surface area contributed by atoms with Crippen molar-refractivity contribution in [3.05, 3.63) is 30.1 Å². The first-order chi connectivity index (χ1) is 7.20. The molecule has 0 aliphatic rings. The Balaban J connectivity index is 2.15. The second-order valence-electron chi connectivity index (χ2n) is 3.23. The summed E-state index contributed by atoms with van der Waals surface area (Å²) in [6.45, 7) is 1.21. The molecule has 0 bridgehead atoms. The third-order valence-corrected chi connectivity index (χ3v) is 1.98. The van der Waals surface area contributed by atoms with Crippen molar-refractivity contribution >= 4 is 5.97 Å². The Kier molecular flexibility index (Phi) is 4.73. The molecule has 0 radical (unpaired) electrons. The van der Waals surface area contributed by atoms with Gasteiger partial charge in [-0.3, -0.25) is 9.78 Å². The predicted octanol–water partition coefficient (Wildman–Crippen LogP) is -0.0268. The lowest BCUT2D eigenvalue weighted by molar-refractivity contribution is -0.138. The lowest BCUT2D eigenvalue weighted by Gasteiger charge is -2.07. The Labute approximate surface area is 88.3 Å². The Morgan fingerprint density at radius 1 is 1.60 bits per heavy atom. The van der Waals surface area contributed by atoms with E-state index < -0.39 is 12.0 Å². The Morgan fingerprint density at radius 3 is 3.00 bits per heavy atom. The van der Waals surface area contributed by atoms with Crippen LogP contribution in [0.25, 0.3) is 0 Å². The summed E-state index contributed by atoms with van der Waals surface area (Å²) in [5.41, 5.74) is 6.27. The maximum Gasteiger partial charge on any atom is 0.320 e. The number of hydrogen-bond acceptors (Lipinski definition) is 4. The minimum absolute atomic E-state index is 0.419. The number of hydrogen-bond donors (Lipinski definition) is 3. The molecule has 82 valence electrons. The largest absolute Gasteiger partial charge is 0.480 e. The van der Waals surface area contributed by atoms with Gasteiger partial charge in [0.15, 0.2) is 0 Å². The molecule has 5 nitrogen and oxygen atoms in total. The third-order valence-electron chi connectivity index (χ3n) is 1.98. The highest BCUT2D eigenvalue weighted by molar-refractivity contribution is 5.72. The van der Waals surface area contributed by atoms with Crippen molar-refractivity contribution in [3.8, 4) is 0 Å². The van der Waals surface area contributed by atoms with Gasteiger partial charge in [-0.25, -0.2) is 0 Å². The highest BCUT2D eigenvalue weighted by atomic mass is 16.4. The van der Waals surface area contributed by atoms with Gasteiger partial charge in [0.1, 0.15) is 6.04 Å². The zero-order valence-electron chi connectivity index (χ0n) is 8.39. The number of nitrogens with zero attached hydrogens (tertiary/aromatic N) is 1. The summed E-state index contributed by atoms with van der Waals surface area (Å²) in [7, 11) is 0. The van der Waals surface area contributed by atoms with Crippen molar-refractivity contribution in [2.45, 2.75) is 19.0 Å². The van der Waals surface area contributed by atoms with E-state index in [0.717, 1.165) is 5.69 Å². The van der Waals surface area contributed by atoms with Gasteiger partial charge in [-0.15, -0.1) is 0 Å². The number of carboxylic acids is 1. The minimum Gasteiger partial charge on any atom is -0.480 e. The zero-order valence-corrected chi connectivity index (χ0v) is 8.39. The van der Waals surface area contributed by atoms with E-state index in [-0.39, 0.29) is 0 Å². The van der Waals surface area contributed by atoms with E-state index in [2.05, 4.69) is 10.3 Å². The van der Waals surface area contributed by atoms with Crippen molar-refractivity contribution in [2.24, 2.45) is 5.73 Å². The van der Waals surface area contributed by atoms with E-state index >= 15 is 0 Å². The topological polar surface area (TPSA) is 88.2 Å². The maximum atomic E-state index is 10.4. The van der Waals surface area contributed by atoms with Crippen LogP contribution in [0.15, 0.2) is 24.4 Å². The first-order valence-electron chi connectivity index (χ1n) is 4.79. The molecule has 1 aromatic heterocycles. The second-order valence-corrected chi connectivity index (χ2v) is 3.23. The van der Waals surface area contributed by atoms with Crippen LogP contribution in [0.2, 0.25) is 0 Å². The number of pyridine rings is 1. The van der Waals surface area contributed by atoms with Crippen LogP contribution in [0.3, 0.4) is 0 Å². The molecular formula is C10H15N3O2. The lowest BCUT2D eigenvalue weighted by atomic mass is 10.2. The van der Waals surface area contributed by atoms with Crippen LogP contribution in [-0.2, 0) is 11.3 Å². The molecule has 1 rings (SSSR count). The molecule has 0 spiro atoms. The average molecular weight is 209 g/mol. The normalized spacial score (nSPS) is 12.3. The highest BCUT2D eigenvalue weighted by Crippen LogP contribution is 1.92. The van der Waals surface area contributed by atoms with Crippen molar-refractivity contribution in [3.63, 3.8) is 0 Å². The quantitative estimate of drug-likeness (QED) is 0.573. The van der Waals surface area contributed by atoms with Gasteiger partial charge in [0.25, 0.3) is 0 Å². The zero-order chi connectivity index (χ0) is 11.1. The van der Waals surface area contributed by atoms with E-state index in [0.29, 0.717) is 19.5 Å². The number of carbonyl (C=O) groups is 1. The molecule has 0 aromatic carbocycles. The van der Waals surface area contributed by atoms with Crippen LogP contribution in [0.1, 0.15) is 12.1 Å². The van der Waals surface area contributed by atoms with Crippen molar-refractivity contribution in [2.75, 3.05) is 6.54 Å². The molecule has 0 aliphatic heterocycles. The molecule has 0 saturated heterocycles. The van der Waals surface area contributed by atoms with Crippen LogP contribution in [0, 0.1) is 0 Å². The molecule has 0 fully saturated rings. The third kappa shape index (κ3) is 4.53. The molecule has 4 N–H and O–H groups in total. The van der Waals surface area contributed by atoms with Crippen LogP contribution < -0.4 is 11.1 Å². The summed E-state index contributed by atoms with van der Waals surface area (Å²) in [5, 5.41) is 11.6. The molecule has 1 heterocycles. The van der Waals surface area contributed by atoms with Gasteiger partial charge in [0.2, 0.25) is 0 Å². The molecule has 1 aromatic rings. The molecular weight excluding hydrogens is 194 g/mol. The molecule has 0 amide bonds. The van der Waals surface area contributed by atoms with Crippen LogP contribution in [0.4, 0.5) is 0 Å². The summed E-state index contributed by atoms with van der Waals surface area (Å²) >= 11 is 0. The van der Waals surface area contributed by atoms with E-state index in [4.69, 9.17) is 10.8 Å². The first-order valence-corrected chi connectivity index (χ1v) is 4.79. The number of nitrogens with one attached hydrogen (secondary N) is 1. The fourth-order valence-corrected chi connectivity index (χ4v) is 1.10. The van der Waals surface area contributed by atoms with E-state index in [1.165, 1.54) is 0 Å².